The third kappa shape index (κ3) is 4.50. The van der Waals surface area contributed by atoms with Crippen molar-refractivity contribution in [2.45, 2.75) is 0 Å². The van der Waals surface area contributed by atoms with Gasteiger partial charge in [0, 0.05) is 32.7 Å². The van der Waals surface area contributed by atoms with Gasteiger partial charge in [0.1, 0.15) is 22.3 Å². The Kier molecular flexibility index (Phi) is 6.66. The second-order valence-corrected chi connectivity index (χ2v) is 14.7. The Labute approximate surface area is 322 Å². The van der Waals surface area contributed by atoms with Crippen LogP contribution in [0.2, 0.25) is 0 Å². The molecule has 0 saturated carbocycles. The van der Waals surface area contributed by atoms with Gasteiger partial charge < -0.3 is 8.83 Å². The van der Waals surface area contributed by atoms with Crippen molar-refractivity contribution in [3.05, 3.63) is 194 Å². The summed E-state index contributed by atoms with van der Waals surface area (Å²) < 4.78 is 13.3. The van der Waals surface area contributed by atoms with E-state index in [2.05, 4.69) is 182 Å². The Morgan fingerprint density at radius 1 is 0.268 bits per heavy atom. The molecular weight excluding hydrogens is 681 g/mol. The van der Waals surface area contributed by atoms with Gasteiger partial charge in [-0.15, -0.1) is 0 Å². The summed E-state index contributed by atoms with van der Waals surface area (Å²) in [4.78, 5) is 0. The molecule has 0 atom stereocenters. The first-order valence-electron chi connectivity index (χ1n) is 19.2. The summed E-state index contributed by atoms with van der Waals surface area (Å²) >= 11 is 0. The summed E-state index contributed by atoms with van der Waals surface area (Å²) in [6.07, 6.45) is 0. The summed E-state index contributed by atoms with van der Waals surface area (Å²) in [7, 11) is 0. The van der Waals surface area contributed by atoms with Crippen LogP contribution >= 0.6 is 0 Å². The van der Waals surface area contributed by atoms with E-state index in [1.807, 2.05) is 12.1 Å². The molecule has 0 amide bonds. The van der Waals surface area contributed by atoms with E-state index in [1.165, 1.54) is 54.6 Å². The van der Waals surface area contributed by atoms with Gasteiger partial charge in [-0.3, -0.25) is 0 Å². The SMILES string of the molecule is c1ccc(-c2c3ccccc3c(-c3cc(-c4c(-c5cccc6c5oc5ccccc56)ccc5oc6ccccc6c45)cc4ccccc34)c3ccccc23)cc1. The number of para-hydroxylation sites is 3. The van der Waals surface area contributed by atoms with Gasteiger partial charge >= 0.3 is 0 Å². The molecule has 0 radical (unpaired) electrons. The maximum atomic E-state index is 6.69. The minimum Gasteiger partial charge on any atom is -0.456 e. The highest BCUT2D eigenvalue weighted by Gasteiger charge is 2.24. The average molecular weight is 713 g/mol. The van der Waals surface area contributed by atoms with Crippen molar-refractivity contribution < 1.29 is 8.83 Å². The molecule has 12 aromatic rings. The van der Waals surface area contributed by atoms with Crippen LogP contribution in [0.3, 0.4) is 0 Å². The van der Waals surface area contributed by atoms with Gasteiger partial charge in [-0.1, -0.05) is 158 Å². The molecule has 0 aliphatic rings. The summed E-state index contributed by atoms with van der Waals surface area (Å²) in [6, 6.07) is 69.8. The van der Waals surface area contributed by atoms with Crippen LogP contribution in [0.5, 0.6) is 0 Å². The van der Waals surface area contributed by atoms with Crippen molar-refractivity contribution in [1.29, 1.82) is 0 Å². The van der Waals surface area contributed by atoms with Crippen LogP contribution < -0.4 is 0 Å². The lowest BCUT2D eigenvalue weighted by molar-refractivity contribution is 0.668. The zero-order chi connectivity index (χ0) is 36.7. The average Bonchev–Trinajstić information content (AvgIpc) is 3.84. The monoisotopic (exact) mass is 712 g/mol. The van der Waals surface area contributed by atoms with Crippen LogP contribution in [-0.2, 0) is 0 Å². The van der Waals surface area contributed by atoms with E-state index >= 15 is 0 Å². The van der Waals surface area contributed by atoms with Gasteiger partial charge in [0.2, 0.25) is 0 Å². The molecule has 0 aliphatic heterocycles. The summed E-state index contributed by atoms with van der Waals surface area (Å²) in [5.74, 6) is 0. The normalized spacial score (nSPS) is 11.9. The third-order valence-corrected chi connectivity index (χ3v) is 11.7. The van der Waals surface area contributed by atoms with Crippen molar-refractivity contribution in [2.24, 2.45) is 0 Å². The maximum Gasteiger partial charge on any atom is 0.143 e. The number of furan rings is 2. The second kappa shape index (κ2) is 12.0. The van der Waals surface area contributed by atoms with Crippen LogP contribution in [0.15, 0.2) is 203 Å². The fourth-order valence-electron chi connectivity index (χ4n) is 9.30. The molecule has 2 heteroatoms. The maximum absolute atomic E-state index is 6.69. The lowest BCUT2D eigenvalue weighted by Crippen LogP contribution is -1.93. The smallest absolute Gasteiger partial charge is 0.143 e. The molecule has 0 bridgehead atoms. The van der Waals surface area contributed by atoms with Crippen LogP contribution in [-0.4, -0.2) is 0 Å². The molecule has 2 aromatic heterocycles. The zero-order valence-electron chi connectivity index (χ0n) is 30.3. The largest absolute Gasteiger partial charge is 0.456 e. The highest BCUT2D eigenvalue weighted by Crippen LogP contribution is 2.50. The molecule has 56 heavy (non-hydrogen) atoms. The zero-order valence-corrected chi connectivity index (χ0v) is 30.3. The van der Waals surface area contributed by atoms with Crippen LogP contribution in [0.4, 0.5) is 0 Å². The number of rotatable bonds is 4. The van der Waals surface area contributed by atoms with Crippen molar-refractivity contribution in [2.75, 3.05) is 0 Å². The Hall–Kier alpha value is -7.42. The number of benzene rings is 10. The molecule has 2 heterocycles. The Balaban J connectivity index is 1.23. The molecule has 0 fully saturated rings. The van der Waals surface area contributed by atoms with Gasteiger partial charge in [-0.2, -0.15) is 0 Å². The van der Waals surface area contributed by atoms with E-state index in [9.17, 15) is 0 Å². The van der Waals surface area contributed by atoms with Crippen LogP contribution in [0, 0.1) is 0 Å². The van der Waals surface area contributed by atoms with Crippen molar-refractivity contribution >= 4 is 76.2 Å². The molecular formula is C54H32O2. The third-order valence-electron chi connectivity index (χ3n) is 11.7. The van der Waals surface area contributed by atoms with Crippen molar-refractivity contribution in [3.8, 4) is 44.5 Å². The minimum atomic E-state index is 0.861. The standard InChI is InChI=1S/C54H32O2/c1-2-15-33(16-3-1)50-38-20-6-8-22-40(38)52(41-23-9-7-21-39(41)50)46-32-35(31-34-17-4-5-18-36(34)46)51-42(29-30-49-53(51)45-24-11-13-28-48(45)55-49)44-26-14-25-43-37-19-10-12-27-47(37)56-54(43)44/h1-32H. The Bertz CT molecular complexity index is 3470. The molecule has 260 valence electrons. The molecule has 0 unspecified atom stereocenters. The molecule has 10 aromatic carbocycles. The topological polar surface area (TPSA) is 26.3 Å². The van der Waals surface area contributed by atoms with Crippen molar-refractivity contribution in [3.63, 3.8) is 0 Å². The summed E-state index contributed by atoms with van der Waals surface area (Å²) in [6.45, 7) is 0. The fraction of sp³-hybridized carbons (Fsp3) is 0. The van der Waals surface area contributed by atoms with Crippen LogP contribution in [0.1, 0.15) is 0 Å². The summed E-state index contributed by atoms with van der Waals surface area (Å²) in [5, 5.41) is 11.7. The van der Waals surface area contributed by atoms with Crippen molar-refractivity contribution in [1.82, 2.24) is 0 Å². The molecule has 0 N–H and O–H groups in total. The van der Waals surface area contributed by atoms with Gasteiger partial charge in [0.25, 0.3) is 0 Å². The minimum absolute atomic E-state index is 0.861. The molecule has 0 aliphatic carbocycles. The highest BCUT2D eigenvalue weighted by molar-refractivity contribution is 6.25. The van der Waals surface area contributed by atoms with E-state index in [0.717, 1.165) is 66.1 Å². The first-order valence-corrected chi connectivity index (χ1v) is 19.2. The second-order valence-electron chi connectivity index (χ2n) is 14.7. The van der Waals surface area contributed by atoms with Gasteiger partial charge in [0.15, 0.2) is 0 Å². The van der Waals surface area contributed by atoms with Gasteiger partial charge in [-0.25, -0.2) is 0 Å². The van der Waals surface area contributed by atoms with E-state index in [0.29, 0.717) is 0 Å². The number of fused-ring (bicyclic) bond motifs is 9. The molecule has 0 saturated heterocycles. The lowest BCUT2D eigenvalue weighted by Gasteiger charge is -2.20. The van der Waals surface area contributed by atoms with E-state index in [4.69, 9.17) is 8.83 Å². The predicted octanol–water partition coefficient (Wildman–Crippen LogP) is 15.6. The first-order chi connectivity index (χ1) is 27.8. The number of hydrogen-bond donors (Lipinski definition) is 0. The summed E-state index contributed by atoms with van der Waals surface area (Å²) in [5.41, 5.74) is 12.8. The first kappa shape index (κ1) is 31.0. The Morgan fingerprint density at radius 3 is 1.57 bits per heavy atom. The highest BCUT2D eigenvalue weighted by atomic mass is 16.3. The molecule has 2 nitrogen and oxygen atoms in total. The fourth-order valence-corrected chi connectivity index (χ4v) is 9.30. The number of hydrogen-bond acceptors (Lipinski definition) is 2. The Morgan fingerprint density at radius 2 is 0.839 bits per heavy atom. The predicted molar refractivity (Wildman–Crippen MR) is 235 cm³/mol. The van der Waals surface area contributed by atoms with E-state index in [-0.39, 0.29) is 0 Å². The van der Waals surface area contributed by atoms with Gasteiger partial charge in [-0.05, 0) is 102 Å². The van der Waals surface area contributed by atoms with Crippen LogP contribution in [0.25, 0.3) is 121 Å². The molecule has 12 rings (SSSR count). The lowest BCUT2D eigenvalue weighted by atomic mass is 9.82. The molecule has 0 spiro atoms. The van der Waals surface area contributed by atoms with E-state index in [1.54, 1.807) is 0 Å². The van der Waals surface area contributed by atoms with Gasteiger partial charge in [0.05, 0.1) is 0 Å². The quantitative estimate of drug-likeness (QED) is 0.170. The van der Waals surface area contributed by atoms with E-state index < -0.39 is 0 Å².